The van der Waals surface area contributed by atoms with Crippen molar-refractivity contribution in [1.82, 2.24) is 10.3 Å². The van der Waals surface area contributed by atoms with E-state index in [1.54, 1.807) is 18.2 Å². The second kappa shape index (κ2) is 6.83. The van der Waals surface area contributed by atoms with Crippen molar-refractivity contribution in [2.75, 3.05) is 11.9 Å². The number of anilines is 1. The van der Waals surface area contributed by atoms with E-state index in [0.717, 1.165) is 5.56 Å². The van der Waals surface area contributed by atoms with Crippen LogP contribution >= 0.6 is 0 Å². The normalized spacial score (nSPS) is 18.7. The van der Waals surface area contributed by atoms with Gasteiger partial charge in [0.05, 0.1) is 0 Å². The summed E-state index contributed by atoms with van der Waals surface area (Å²) in [6, 6.07) is 8.64. The maximum Gasteiger partial charge on any atom is 0.261 e. The zero-order valence-corrected chi connectivity index (χ0v) is 14.6. The number of rotatable bonds is 3. The third-order valence-electron chi connectivity index (χ3n) is 5.09. The summed E-state index contributed by atoms with van der Waals surface area (Å²) in [6.07, 6.45) is 2.19. The lowest BCUT2D eigenvalue weighted by molar-refractivity contribution is -0.119. The molecule has 2 heterocycles. The number of carbonyl (C=O) groups excluding carboxylic acids is 3. The number of benzene rings is 1. The molecule has 0 bridgehead atoms. The van der Waals surface area contributed by atoms with Gasteiger partial charge in [0.2, 0.25) is 5.91 Å². The van der Waals surface area contributed by atoms with Crippen molar-refractivity contribution in [3.63, 3.8) is 0 Å². The van der Waals surface area contributed by atoms with E-state index in [2.05, 4.69) is 15.6 Å². The van der Waals surface area contributed by atoms with Gasteiger partial charge in [-0.05, 0) is 36.6 Å². The van der Waals surface area contributed by atoms with Crippen molar-refractivity contribution in [2.24, 2.45) is 0 Å². The quantitative estimate of drug-likeness (QED) is 0.770. The van der Waals surface area contributed by atoms with Crippen molar-refractivity contribution in [3.8, 4) is 0 Å². The standard InChI is InChI=1S/C20H19N3O4/c24-17-6-2-5-16-14(17)9-15(20(27)23-16)19(26)22-13-4-1-3-11(7-13)12-8-18(25)21-10-12/h1,3-4,7,9,12H,2,5-6,8,10H2,(H,21,25)(H,22,26)(H,23,27). The SMILES string of the molecule is O=C1CC(c2cccc(NC(=O)c3cc4c([nH]c3=O)CCCC4=O)c2)CN1. The van der Waals surface area contributed by atoms with E-state index in [-0.39, 0.29) is 23.2 Å². The molecule has 1 aliphatic heterocycles. The van der Waals surface area contributed by atoms with Crippen LogP contribution in [0.2, 0.25) is 0 Å². The van der Waals surface area contributed by atoms with Crippen LogP contribution in [0.5, 0.6) is 0 Å². The number of aryl methyl sites for hydroxylation is 1. The highest BCUT2D eigenvalue weighted by molar-refractivity contribution is 6.06. The first-order chi connectivity index (χ1) is 13.0. The number of H-pyrrole nitrogens is 1. The second-order valence-corrected chi connectivity index (χ2v) is 6.97. The van der Waals surface area contributed by atoms with Crippen molar-refractivity contribution < 1.29 is 14.4 Å². The van der Waals surface area contributed by atoms with Crippen molar-refractivity contribution in [3.05, 3.63) is 63.1 Å². The van der Waals surface area contributed by atoms with Gasteiger partial charge in [-0.3, -0.25) is 19.2 Å². The Balaban J connectivity index is 1.58. The molecule has 0 spiro atoms. The number of pyridine rings is 1. The lowest BCUT2D eigenvalue weighted by Crippen LogP contribution is -2.27. The van der Waals surface area contributed by atoms with Crippen LogP contribution in [0.25, 0.3) is 0 Å². The summed E-state index contributed by atoms with van der Waals surface area (Å²) < 4.78 is 0. The molecule has 2 amide bonds. The number of aromatic amines is 1. The predicted molar refractivity (Wildman–Crippen MR) is 99.1 cm³/mol. The van der Waals surface area contributed by atoms with E-state index in [0.29, 0.717) is 49.2 Å². The Morgan fingerprint density at radius 2 is 1.96 bits per heavy atom. The van der Waals surface area contributed by atoms with Crippen LogP contribution in [0.3, 0.4) is 0 Å². The van der Waals surface area contributed by atoms with Gasteiger partial charge in [0.1, 0.15) is 5.56 Å². The summed E-state index contributed by atoms with van der Waals surface area (Å²) in [5.41, 5.74) is 1.94. The van der Waals surface area contributed by atoms with Crippen LogP contribution in [0.4, 0.5) is 5.69 Å². The Labute approximate surface area is 155 Å². The van der Waals surface area contributed by atoms with E-state index in [1.165, 1.54) is 6.07 Å². The van der Waals surface area contributed by atoms with Gasteiger partial charge in [0, 0.05) is 42.2 Å². The van der Waals surface area contributed by atoms with Crippen LogP contribution in [-0.4, -0.2) is 29.1 Å². The number of aromatic nitrogens is 1. The molecule has 1 aromatic heterocycles. The van der Waals surface area contributed by atoms with E-state index in [1.807, 2.05) is 6.07 Å². The number of Topliss-reactive ketones (excluding diaryl/α,β-unsaturated/α-hetero) is 1. The van der Waals surface area contributed by atoms with Crippen LogP contribution < -0.4 is 16.2 Å². The molecular weight excluding hydrogens is 346 g/mol. The molecule has 138 valence electrons. The minimum Gasteiger partial charge on any atom is -0.355 e. The first-order valence-corrected chi connectivity index (χ1v) is 8.98. The Hall–Kier alpha value is -3.22. The summed E-state index contributed by atoms with van der Waals surface area (Å²) in [4.78, 5) is 51.0. The third kappa shape index (κ3) is 3.40. The highest BCUT2D eigenvalue weighted by Gasteiger charge is 2.24. The smallest absolute Gasteiger partial charge is 0.261 e. The van der Waals surface area contributed by atoms with Gasteiger partial charge < -0.3 is 15.6 Å². The molecule has 1 atom stereocenters. The third-order valence-corrected chi connectivity index (χ3v) is 5.09. The number of hydrogen-bond donors (Lipinski definition) is 3. The van der Waals surface area contributed by atoms with E-state index < -0.39 is 11.5 Å². The molecule has 7 nitrogen and oxygen atoms in total. The largest absolute Gasteiger partial charge is 0.355 e. The summed E-state index contributed by atoms with van der Waals surface area (Å²) in [6.45, 7) is 0.572. The van der Waals surface area contributed by atoms with E-state index in [9.17, 15) is 19.2 Å². The van der Waals surface area contributed by atoms with Crippen LogP contribution in [0.15, 0.2) is 35.1 Å². The fourth-order valence-corrected chi connectivity index (χ4v) is 3.65. The number of hydrogen-bond acceptors (Lipinski definition) is 4. The van der Waals surface area contributed by atoms with E-state index >= 15 is 0 Å². The summed E-state index contributed by atoms with van der Waals surface area (Å²) >= 11 is 0. The molecule has 1 aromatic carbocycles. The monoisotopic (exact) mass is 365 g/mol. The van der Waals surface area contributed by atoms with E-state index in [4.69, 9.17) is 0 Å². The molecule has 2 aromatic rings. The number of carbonyl (C=O) groups is 3. The Morgan fingerprint density at radius 1 is 1.11 bits per heavy atom. The molecule has 4 rings (SSSR count). The number of ketones is 1. The van der Waals surface area contributed by atoms with Crippen LogP contribution in [-0.2, 0) is 11.2 Å². The molecule has 1 aliphatic carbocycles. The summed E-state index contributed by atoms with van der Waals surface area (Å²) in [5.74, 6) is -0.532. The molecule has 1 fully saturated rings. The van der Waals surface area contributed by atoms with Crippen molar-refractivity contribution in [2.45, 2.75) is 31.6 Å². The highest BCUT2D eigenvalue weighted by atomic mass is 16.2. The number of nitrogens with one attached hydrogen (secondary N) is 3. The van der Waals surface area contributed by atoms with Gasteiger partial charge in [-0.2, -0.15) is 0 Å². The first-order valence-electron chi connectivity index (χ1n) is 8.98. The fraction of sp³-hybridized carbons (Fsp3) is 0.300. The average molecular weight is 365 g/mol. The highest BCUT2D eigenvalue weighted by Crippen LogP contribution is 2.25. The Kier molecular flexibility index (Phi) is 4.35. The minimum atomic E-state index is -0.560. The Bertz CT molecular complexity index is 1010. The van der Waals surface area contributed by atoms with Crippen molar-refractivity contribution >= 4 is 23.3 Å². The lowest BCUT2D eigenvalue weighted by Gasteiger charge is -2.15. The topological polar surface area (TPSA) is 108 Å². The molecule has 0 saturated carbocycles. The molecule has 27 heavy (non-hydrogen) atoms. The van der Waals surface area contributed by atoms with Gasteiger partial charge in [-0.15, -0.1) is 0 Å². The molecular formula is C20H19N3O4. The van der Waals surface area contributed by atoms with Gasteiger partial charge in [0.15, 0.2) is 5.78 Å². The van der Waals surface area contributed by atoms with Crippen LogP contribution in [0, 0.1) is 0 Å². The maximum atomic E-state index is 12.6. The lowest BCUT2D eigenvalue weighted by atomic mass is 9.93. The van der Waals surface area contributed by atoms with Crippen LogP contribution in [0.1, 0.15) is 57.2 Å². The van der Waals surface area contributed by atoms with Gasteiger partial charge in [-0.25, -0.2) is 0 Å². The van der Waals surface area contributed by atoms with Crippen molar-refractivity contribution in [1.29, 1.82) is 0 Å². The minimum absolute atomic E-state index is 0.0136. The van der Waals surface area contributed by atoms with Gasteiger partial charge >= 0.3 is 0 Å². The molecule has 1 unspecified atom stereocenters. The number of amides is 2. The zero-order chi connectivity index (χ0) is 19.0. The molecule has 1 saturated heterocycles. The Morgan fingerprint density at radius 3 is 2.74 bits per heavy atom. The second-order valence-electron chi connectivity index (χ2n) is 6.97. The predicted octanol–water partition coefficient (Wildman–Crippen LogP) is 1.75. The number of fused-ring (bicyclic) bond motifs is 1. The molecule has 7 heteroatoms. The first kappa shape index (κ1) is 17.2. The fourth-order valence-electron chi connectivity index (χ4n) is 3.65. The molecule has 0 radical (unpaired) electrons. The molecule has 3 N–H and O–H groups in total. The maximum absolute atomic E-state index is 12.6. The zero-order valence-electron chi connectivity index (χ0n) is 14.6. The molecule has 2 aliphatic rings. The van der Waals surface area contributed by atoms with Gasteiger partial charge in [-0.1, -0.05) is 12.1 Å². The summed E-state index contributed by atoms with van der Waals surface area (Å²) in [5, 5.41) is 5.51. The average Bonchev–Trinajstić information content (AvgIpc) is 3.08. The summed E-state index contributed by atoms with van der Waals surface area (Å²) in [7, 11) is 0. The van der Waals surface area contributed by atoms with Gasteiger partial charge in [0.25, 0.3) is 11.5 Å².